The molecule has 0 saturated carbocycles. The molecule has 12 rings (SSSR count). The molecule has 7 aromatic rings. The molecule has 188 valence electrons. The second-order valence-electron chi connectivity index (χ2n) is 12.0. The Balaban J connectivity index is 1.41. The number of hydrogen-bond donors (Lipinski definition) is 0. The number of ether oxygens (including phenoxy) is 1. The monoisotopic (exact) mass is 523 g/mol. The lowest BCUT2D eigenvalue weighted by Crippen LogP contribution is -2.71. The Morgan fingerprint density at radius 2 is 1.68 bits per heavy atom. The van der Waals surface area contributed by atoms with Crippen LogP contribution in [0.3, 0.4) is 0 Å². The van der Waals surface area contributed by atoms with E-state index in [0.717, 1.165) is 24.3 Å². The van der Waals surface area contributed by atoms with Gasteiger partial charge in [0, 0.05) is 28.5 Å². The molecule has 3 aliphatic heterocycles. The van der Waals surface area contributed by atoms with Crippen LogP contribution in [0.5, 0.6) is 11.5 Å². The lowest BCUT2D eigenvalue weighted by atomic mass is 9.79. The normalized spacial score (nSPS) is 19.4. The predicted octanol–water partition coefficient (Wildman–Crippen LogP) is 7.03. The number of fused-ring (bicyclic) bond motifs is 7. The van der Waals surface area contributed by atoms with E-state index < -0.39 is 5.66 Å². The standard InChI is InChI=1S/C37H21N3O/c1-2-17-39-26(11-1)22-8-5-12-27-33(22)37(39)34-28(41-27)16-15-24-31-23-9-3-6-20-13-14-21-7-4-10-25(30(21)29(20)23)35(31)38-18-19-40(37)36(38)32(24)34/h1-6,8-12,14-19H,7,13H2/q+2. The van der Waals surface area contributed by atoms with Crippen LogP contribution in [0.1, 0.15) is 34.2 Å². The quantitative estimate of drug-likeness (QED) is 0.155. The summed E-state index contributed by atoms with van der Waals surface area (Å²) in [5.74, 6) is 1.89. The maximum absolute atomic E-state index is 6.76. The number of allylic oxidation sites excluding steroid dienone is 3. The van der Waals surface area contributed by atoms with Gasteiger partial charge in [0.1, 0.15) is 40.5 Å². The summed E-state index contributed by atoms with van der Waals surface area (Å²) in [6.45, 7) is 0. The first-order valence-corrected chi connectivity index (χ1v) is 14.5. The molecule has 0 N–H and O–H groups in total. The molecule has 2 aliphatic carbocycles. The molecule has 41 heavy (non-hydrogen) atoms. The van der Waals surface area contributed by atoms with E-state index in [1.807, 2.05) is 0 Å². The average Bonchev–Trinajstić information content (AvgIpc) is 3.69. The van der Waals surface area contributed by atoms with Crippen LogP contribution >= 0.6 is 0 Å². The van der Waals surface area contributed by atoms with Crippen molar-refractivity contribution in [2.24, 2.45) is 0 Å². The molecule has 4 heteroatoms. The first-order valence-electron chi connectivity index (χ1n) is 14.5. The molecule has 0 bridgehead atoms. The van der Waals surface area contributed by atoms with Gasteiger partial charge in [-0.25, -0.2) is 0 Å². The first kappa shape index (κ1) is 19.8. The molecule has 1 atom stereocenters. The highest BCUT2D eigenvalue weighted by molar-refractivity contribution is 6.27. The van der Waals surface area contributed by atoms with Crippen LogP contribution in [0.25, 0.3) is 61.0 Å². The van der Waals surface area contributed by atoms with E-state index in [1.54, 1.807) is 0 Å². The van der Waals surface area contributed by atoms with E-state index in [1.165, 1.54) is 82.7 Å². The predicted molar refractivity (Wildman–Crippen MR) is 159 cm³/mol. The Kier molecular flexibility index (Phi) is 2.93. The maximum atomic E-state index is 6.76. The van der Waals surface area contributed by atoms with E-state index >= 15 is 0 Å². The van der Waals surface area contributed by atoms with Gasteiger partial charge in [-0.1, -0.05) is 42.5 Å². The van der Waals surface area contributed by atoms with Gasteiger partial charge in [0.25, 0.3) is 0 Å². The largest absolute Gasteiger partial charge is 0.456 e. The molecule has 0 fully saturated rings. The van der Waals surface area contributed by atoms with E-state index in [0.29, 0.717) is 0 Å². The Morgan fingerprint density at radius 1 is 0.756 bits per heavy atom. The van der Waals surface area contributed by atoms with Crippen LogP contribution < -0.4 is 13.9 Å². The second-order valence-corrected chi connectivity index (χ2v) is 12.0. The SMILES string of the molecule is C1=Cc2c3c4c(cccc4c4c5ccc6c7c5c5n(cc[n+]5C75c7c(cccc7-c7cccc[n+]75)O6)c24)CC=C3C1. The van der Waals surface area contributed by atoms with Crippen molar-refractivity contribution in [2.75, 3.05) is 0 Å². The van der Waals surface area contributed by atoms with Gasteiger partial charge < -0.3 is 4.74 Å². The van der Waals surface area contributed by atoms with Gasteiger partial charge >= 0.3 is 11.3 Å². The molecule has 1 spiro atoms. The summed E-state index contributed by atoms with van der Waals surface area (Å²) in [5, 5.41) is 6.74. The van der Waals surface area contributed by atoms with Crippen LogP contribution in [0.2, 0.25) is 0 Å². The van der Waals surface area contributed by atoms with Crippen molar-refractivity contribution in [2.45, 2.75) is 18.5 Å². The Morgan fingerprint density at radius 3 is 2.68 bits per heavy atom. The molecule has 4 nitrogen and oxygen atoms in total. The number of rotatable bonds is 0. The summed E-state index contributed by atoms with van der Waals surface area (Å²) in [4.78, 5) is 0. The van der Waals surface area contributed by atoms with Gasteiger partial charge in [-0.2, -0.15) is 8.97 Å². The minimum atomic E-state index is -0.528. The van der Waals surface area contributed by atoms with Gasteiger partial charge in [-0.3, -0.25) is 0 Å². The summed E-state index contributed by atoms with van der Waals surface area (Å²) >= 11 is 0. The van der Waals surface area contributed by atoms with E-state index in [4.69, 9.17) is 4.74 Å². The summed E-state index contributed by atoms with van der Waals surface area (Å²) in [7, 11) is 0. The average molecular weight is 524 g/mol. The van der Waals surface area contributed by atoms with E-state index in [9.17, 15) is 0 Å². The summed E-state index contributed by atoms with van der Waals surface area (Å²) in [6.07, 6.45) is 16.0. The lowest BCUT2D eigenvalue weighted by Gasteiger charge is -2.27. The third kappa shape index (κ3) is 1.83. The zero-order valence-electron chi connectivity index (χ0n) is 22.0. The van der Waals surface area contributed by atoms with Crippen LogP contribution in [0, 0.1) is 0 Å². The van der Waals surface area contributed by atoms with Crippen molar-refractivity contribution in [1.29, 1.82) is 0 Å². The molecule has 0 radical (unpaired) electrons. The first-order chi connectivity index (χ1) is 20.4. The molecule has 4 aromatic carbocycles. The van der Waals surface area contributed by atoms with Gasteiger partial charge in [0.15, 0.2) is 6.20 Å². The van der Waals surface area contributed by atoms with Crippen LogP contribution in [-0.4, -0.2) is 4.40 Å². The van der Waals surface area contributed by atoms with Crippen molar-refractivity contribution >= 4 is 49.7 Å². The van der Waals surface area contributed by atoms with E-state index in [-0.39, 0.29) is 0 Å². The van der Waals surface area contributed by atoms with Gasteiger partial charge in [0.2, 0.25) is 5.69 Å². The van der Waals surface area contributed by atoms with Gasteiger partial charge in [0.05, 0.1) is 10.9 Å². The number of nitrogens with zero attached hydrogens (tertiary/aromatic N) is 3. The molecule has 5 aliphatic rings. The highest BCUT2D eigenvalue weighted by Crippen LogP contribution is 2.58. The van der Waals surface area contributed by atoms with E-state index in [2.05, 4.69) is 117 Å². The smallest absolute Gasteiger partial charge is 0.371 e. The second kappa shape index (κ2) is 6.08. The van der Waals surface area contributed by atoms with Gasteiger partial charge in [-0.05, 0) is 70.6 Å². The molecular weight excluding hydrogens is 502 g/mol. The Labute approximate surface area is 234 Å². The fourth-order valence-corrected chi connectivity index (χ4v) is 9.14. The third-order valence-corrected chi connectivity index (χ3v) is 10.4. The zero-order chi connectivity index (χ0) is 26.2. The minimum Gasteiger partial charge on any atom is -0.456 e. The highest BCUT2D eigenvalue weighted by atomic mass is 16.5. The van der Waals surface area contributed by atoms with Crippen molar-refractivity contribution in [3.8, 4) is 22.8 Å². The Hall–Kier alpha value is -5.22. The molecule has 3 aromatic heterocycles. The molecule has 6 heterocycles. The van der Waals surface area contributed by atoms with Gasteiger partial charge in [-0.15, -0.1) is 4.57 Å². The lowest BCUT2D eigenvalue weighted by molar-refractivity contribution is -0.950. The number of aromatic nitrogens is 3. The maximum Gasteiger partial charge on any atom is 0.371 e. The zero-order valence-corrected chi connectivity index (χ0v) is 22.0. The van der Waals surface area contributed by atoms with Crippen molar-refractivity contribution < 1.29 is 13.9 Å². The minimum absolute atomic E-state index is 0.528. The van der Waals surface area contributed by atoms with Crippen molar-refractivity contribution in [1.82, 2.24) is 4.40 Å². The van der Waals surface area contributed by atoms with Crippen LogP contribution in [0.4, 0.5) is 0 Å². The molecule has 0 saturated heterocycles. The summed E-state index contributed by atoms with van der Waals surface area (Å²) in [6, 6.07) is 24.5. The van der Waals surface area contributed by atoms with Crippen molar-refractivity contribution in [3.63, 3.8) is 0 Å². The third-order valence-electron chi connectivity index (χ3n) is 10.4. The van der Waals surface area contributed by atoms with Crippen LogP contribution in [0.15, 0.2) is 97.5 Å². The fraction of sp³-hybridized carbons (Fsp3) is 0.0811. The van der Waals surface area contributed by atoms with Crippen LogP contribution in [-0.2, 0) is 12.1 Å². The molecule has 0 amide bonds. The number of pyridine rings is 2. The topological polar surface area (TPSA) is 21.4 Å². The summed E-state index contributed by atoms with van der Waals surface area (Å²) < 4.78 is 14.2. The molecular formula is C37H21N3O+2. The molecule has 1 unspecified atom stereocenters. The number of benzene rings is 4. The summed E-state index contributed by atoms with van der Waals surface area (Å²) in [5.41, 5.74) is 12.6. The highest BCUT2D eigenvalue weighted by Gasteiger charge is 2.68. The van der Waals surface area contributed by atoms with Crippen molar-refractivity contribution in [3.05, 3.63) is 125 Å². The Bertz CT molecular complexity index is 2560. The fourth-order valence-electron chi connectivity index (χ4n) is 9.14. The number of imidazole rings is 1. The number of hydrogen-bond acceptors (Lipinski definition) is 1.